The molecule has 0 saturated carbocycles. The van der Waals surface area contributed by atoms with Crippen molar-refractivity contribution in [2.75, 3.05) is 12.4 Å². The highest BCUT2D eigenvalue weighted by molar-refractivity contribution is 8.01. The Morgan fingerprint density at radius 3 is 2.30 bits per heavy atom. The minimum atomic E-state index is -0.911. The summed E-state index contributed by atoms with van der Waals surface area (Å²) in [6.07, 6.45) is 0.469. The van der Waals surface area contributed by atoms with Crippen molar-refractivity contribution in [3.8, 4) is 11.5 Å². The van der Waals surface area contributed by atoms with Gasteiger partial charge in [-0.25, -0.2) is 0 Å². The molecule has 0 radical (unpaired) electrons. The maximum absolute atomic E-state index is 11.6. The van der Waals surface area contributed by atoms with Gasteiger partial charge >= 0.3 is 11.9 Å². The number of carbonyl (C=O) groups is 2. The van der Waals surface area contributed by atoms with E-state index < -0.39 is 17.2 Å². The molecule has 0 heterocycles. The number of hydrogen-bond donors (Lipinski definition) is 1. The van der Waals surface area contributed by atoms with E-state index in [0.29, 0.717) is 24.5 Å². The summed E-state index contributed by atoms with van der Waals surface area (Å²) in [4.78, 5) is 22.4. The first kappa shape index (κ1) is 16.4. The number of carboxylic acid groups (broad SMARTS) is 1. The molecule has 0 bridgehead atoms. The molecule has 0 aliphatic rings. The predicted molar refractivity (Wildman–Crippen MR) is 77.4 cm³/mol. The smallest absolute Gasteiger partial charge is 0.321 e. The molecule has 5 nitrogen and oxygen atoms in total. The molecule has 1 unspecified atom stereocenters. The van der Waals surface area contributed by atoms with Crippen molar-refractivity contribution in [1.82, 2.24) is 0 Å². The lowest BCUT2D eigenvalue weighted by Gasteiger charge is -2.09. The number of aliphatic carboxylic acids is 1. The molecule has 20 heavy (non-hydrogen) atoms. The van der Waals surface area contributed by atoms with Gasteiger partial charge in [-0.2, -0.15) is 0 Å². The number of hydrogen-bond acceptors (Lipinski definition) is 5. The van der Waals surface area contributed by atoms with Crippen LogP contribution in [0.3, 0.4) is 0 Å². The van der Waals surface area contributed by atoms with Gasteiger partial charge in [0.2, 0.25) is 0 Å². The fourth-order valence-corrected chi connectivity index (χ4v) is 2.24. The summed E-state index contributed by atoms with van der Waals surface area (Å²) in [5.41, 5.74) is 0. The van der Waals surface area contributed by atoms with Gasteiger partial charge in [0.1, 0.15) is 16.7 Å². The first-order valence-corrected chi connectivity index (χ1v) is 7.39. The third kappa shape index (κ3) is 5.52. The second kappa shape index (κ2) is 8.47. The Morgan fingerprint density at radius 2 is 1.80 bits per heavy atom. The van der Waals surface area contributed by atoms with E-state index in [4.69, 9.17) is 14.6 Å². The van der Waals surface area contributed by atoms with E-state index in [1.54, 1.807) is 31.2 Å². The Hall–Kier alpha value is -1.69. The molecular weight excluding hydrogens is 280 g/mol. The van der Waals surface area contributed by atoms with Gasteiger partial charge in [0, 0.05) is 0 Å². The van der Waals surface area contributed by atoms with Crippen LogP contribution < -0.4 is 9.47 Å². The molecule has 0 fully saturated rings. The highest BCUT2D eigenvalue weighted by atomic mass is 32.2. The predicted octanol–water partition coefficient (Wildman–Crippen LogP) is 2.59. The van der Waals surface area contributed by atoms with Crippen LogP contribution in [-0.4, -0.2) is 34.7 Å². The zero-order chi connectivity index (χ0) is 15.0. The minimum absolute atomic E-state index is 0.0119. The lowest BCUT2D eigenvalue weighted by Crippen LogP contribution is -2.19. The Balaban J connectivity index is 2.43. The number of rotatable bonds is 8. The number of benzene rings is 1. The standard InChI is InChI=1S/C14H18O5S/c1-3-12(14(16)17)20-9-13(15)19-11-7-5-10(6-8-11)18-4-2/h5-8,12H,3-4,9H2,1-2H3,(H,16,17). The molecule has 1 rings (SSSR count). The van der Waals surface area contributed by atoms with Crippen LogP contribution in [0.4, 0.5) is 0 Å². The van der Waals surface area contributed by atoms with Crippen molar-refractivity contribution in [1.29, 1.82) is 0 Å². The second-order valence-electron chi connectivity index (χ2n) is 3.92. The molecule has 110 valence electrons. The molecule has 0 amide bonds. The third-order valence-corrected chi connectivity index (χ3v) is 3.75. The van der Waals surface area contributed by atoms with Crippen molar-refractivity contribution in [3.05, 3.63) is 24.3 Å². The van der Waals surface area contributed by atoms with Crippen LogP contribution in [0.5, 0.6) is 11.5 Å². The molecule has 0 aliphatic carbocycles. The van der Waals surface area contributed by atoms with Gasteiger partial charge in [-0.3, -0.25) is 9.59 Å². The SMILES string of the molecule is CCOc1ccc(OC(=O)CSC(CC)C(=O)O)cc1. The summed E-state index contributed by atoms with van der Waals surface area (Å²) in [7, 11) is 0. The first-order chi connectivity index (χ1) is 9.56. The van der Waals surface area contributed by atoms with Crippen LogP contribution in [0, 0.1) is 0 Å². The molecular formula is C14H18O5S. The van der Waals surface area contributed by atoms with Crippen LogP contribution in [-0.2, 0) is 9.59 Å². The molecule has 0 aromatic heterocycles. The maximum Gasteiger partial charge on any atom is 0.321 e. The molecule has 6 heteroatoms. The van der Waals surface area contributed by atoms with Gasteiger partial charge < -0.3 is 14.6 Å². The lowest BCUT2D eigenvalue weighted by atomic mass is 10.3. The summed E-state index contributed by atoms with van der Waals surface area (Å²) in [5, 5.41) is 8.29. The minimum Gasteiger partial charge on any atom is -0.494 e. The number of carbonyl (C=O) groups excluding carboxylic acids is 1. The summed E-state index contributed by atoms with van der Waals surface area (Å²) < 4.78 is 10.4. The number of thioether (sulfide) groups is 1. The molecule has 1 atom stereocenters. The van der Waals surface area contributed by atoms with E-state index in [-0.39, 0.29) is 5.75 Å². The maximum atomic E-state index is 11.6. The number of esters is 1. The molecule has 1 N–H and O–H groups in total. The van der Waals surface area contributed by atoms with Crippen molar-refractivity contribution < 1.29 is 24.2 Å². The molecule has 0 saturated heterocycles. The van der Waals surface area contributed by atoms with Crippen LogP contribution in [0.15, 0.2) is 24.3 Å². The lowest BCUT2D eigenvalue weighted by molar-refractivity contribution is -0.136. The van der Waals surface area contributed by atoms with Gasteiger partial charge in [0.25, 0.3) is 0 Å². The fourth-order valence-electron chi connectivity index (χ4n) is 1.46. The van der Waals surface area contributed by atoms with Gasteiger partial charge in [-0.05, 0) is 37.6 Å². The monoisotopic (exact) mass is 298 g/mol. The van der Waals surface area contributed by atoms with Crippen LogP contribution in [0.1, 0.15) is 20.3 Å². The van der Waals surface area contributed by atoms with Crippen LogP contribution in [0.2, 0.25) is 0 Å². The van der Waals surface area contributed by atoms with E-state index in [1.165, 1.54) is 0 Å². The van der Waals surface area contributed by atoms with Crippen molar-refractivity contribution in [2.24, 2.45) is 0 Å². The summed E-state index contributed by atoms with van der Waals surface area (Å²) >= 11 is 1.07. The summed E-state index contributed by atoms with van der Waals surface area (Å²) in [5.74, 6) is -0.232. The highest BCUT2D eigenvalue weighted by Gasteiger charge is 2.17. The van der Waals surface area contributed by atoms with Gasteiger partial charge in [0.15, 0.2) is 0 Å². The number of carboxylic acids is 1. The highest BCUT2D eigenvalue weighted by Crippen LogP contribution is 2.19. The summed E-state index contributed by atoms with van der Waals surface area (Å²) in [6, 6.07) is 6.71. The average Bonchev–Trinajstić information content (AvgIpc) is 2.41. The van der Waals surface area contributed by atoms with Gasteiger partial charge in [-0.1, -0.05) is 6.92 Å². The first-order valence-electron chi connectivity index (χ1n) is 6.34. The largest absolute Gasteiger partial charge is 0.494 e. The Morgan fingerprint density at radius 1 is 1.20 bits per heavy atom. The zero-order valence-corrected chi connectivity index (χ0v) is 12.3. The summed E-state index contributed by atoms with van der Waals surface area (Å²) in [6.45, 7) is 4.23. The van der Waals surface area contributed by atoms with Gasteiger partial charge in [0.05, 0.1) is 12.4 Å². The zero-order valence-electron chi connectivity index (χ0n) is 11.5. The van der Waals surface area contributed by atoms with E-state index >= 15 is 0 Å². The van der Waals surface area contributed by atoms with Gasteiger partial charge in [-0.15, -0.1) is 11.8 Å². The Labute approximate surface area is 122 Å². The van der Waals surface area contributed by atoms with Crippen molar-refractivity contribution in [2.45, 2.75) is 25.5 Å². The van der Waals surface area contributed by atoms with Crippen LogP contribution in [0.25, 0.3) is 0 Å². The normalized spacial score (nSPS) is 11.7. The number of ether oxygens (including phenoxy) is 2. The van der Waals surface area contributed by atoms with E-state index in [1.807, 2.05) is 6.92 Å². The molecule has 0 aliphatic heterocycles. The van der Waals surface area contributed by atoms with E-state index in [0.717, 1.165) is 11.8 Å². The third-order valence-electron chi connectivity index (χ3n) is 2.42. The quantitative estimate of drug-likeness (QED) is 0.587. The van der Waals surface area contributed by atoms with Crippen molar-refractivity contribution >= 4 is 23.7 Å². The Bertz CT molecular complexity index is 443. The second-order valence-corrected chi connectivity index (χ2v) is 5.12. The molecule has 1 aromatic rings. The van der Waals surface area contributed by atoms with E-state index in [2.05, 4.69) is 0 Å². The van der Waals surface area contributed by atoms with Crippen molar-refractivity contribution in [3.63, 3.8) is 0 Å². The molecule has 0 spiro atoms. The average molecular weight is 298 g/mol. The van der Waals surface area contributed by atoms with E-state index in [9.17, 15) is 9.59 Å². The topological polar surface area (TPSA) is 72.8 Å². The Kier molecular flexibility index (Phi) is 6.93. The molecule has 1 aromatic carbocycles. The van der Waals surface area contributed by atoms with Crippen LogP contribution >= 0.6 is 11.8 Å². The fraction of sp³-hybridized carbons (Fsp3) is 0.429.